The molecule has 0 atom stereocenters. The van der Waals surface area contributed by atoms with Crippen LogP contribution in [0.25, 0.3) is 0 Å². The standard InChI is InChI=1S/C21H25N7O3/c1-12(2)19(30)24-16-5-4-6-17(11-16)25-20(31)18(13(3)29)28-27-15-9-7-14(8-10-15)26-21(22)23/h4-12,29H,1-3H3,(H,24,30)(H,25,31)(H4,22,23,26). The maximum atomic E-state index is 12.6. The zero-order chi connectivity index (χ0) is 23.0. The molecule has 0 aromatic heterocycles. The number of nitrogens with zero attached hydrogens (tertiary/aromatic N) is 3. The van der Waals surface area contributed by atoms with Gasteiger partial charge in [0.25, 0.3) is 5.91 Å². The second-order valence-corrected chi connectivity index (χ2v) is 6.87. The Morgan fingerprint density at radius 1 is 0.968 bits per heavy atom. The fourth-order valence-electron chi connectivity index (χ4n) is 2.28. The third-order valence-corrected chi connectivity index (χ3v) is 3.84. The first-order valence-electron chi connectivity index (χ1n) is 9.39. The van der Waals surface area contributed by atoms with Crippen molar-refractivity contribution in [2.75, 3.05) is 10.6 Å². The highest BCUT2D eigenvalue weighted by atomic mass is 16.3. The van der Waals surface area contributed by atoms with Crippen LogP contribution in [0.3, 0.4) is 0 Å². The van der Waals surface area contributed by atoms with E-state index in [1.807, 2.05) is 0 Å². The van der Waals surface area contributed by atoms with Crippen LogP contribution >= 0.6 is 0 Å². The monoisotopic (exact) mass is 423 g/mol. The molecule has 0 aliphatic carbocycles. The molecule has 0 saturated heterocycles. The van der Waals surface area contributed by atoms with E-state index in [-0.39, 0.29) is 29.2 Å². The Morgan fingerprint density at radius 3 is 2.10 bits per heavy atom. The minimum atomic E-state index is -0.659. The Hall–Kier alpha value is -4.21. The Balaban J connectivity index is 2.13. The number of guanidine groups is 1. The molecule has 0 aliphatic heterocycles. The van der Waals surface area contributed by atoms with E-state index < -0.39 is 5.91 Å². The van der Waals surface area contributed by atoms with Gasteiger partial charge in [-0.05, 0) is 49.4 Å². The fraction of sp³-hybridized carbons (Fsp3) is 0.190. The summed E-state index contributed by atoms with van der Waals surface area (Å²) in [5.41, 5.74) is 12.3. The van der Waals surface area contributed by atoms with Gasteiger partial charge in [-0.3, -0.25) is 9.59 Å². The topological polar surface area (TPSA) is 168 Å². The smallest absolute Gasteiger partial charge is 0.279 e. The number of nitrogens with one attached hydrogen (secondary N) is 2. The molecule has 31 heavy (non-hydrogen) atoms. The summed E-state index contributed by atoms with van der Waals surface area (Å²) in [5, 5.41) is 23.1. The molecule has 2 aromatic carbocycles. The van der Waals surface area contributed by atoms with Gasteiger partial charge in [0.15, 0.2) is 11.7 Å². The molecule has 0 bridgehead atoms. The van der Waals surface area contributed by atoms with Gasteiger partial charge in [-0.15, -0.1) is 5.11 Å². The summed E-state index contributed by atoms with van der Waals surface area (Å²) in [6.07, 6.45) is 0. The van der Waals surface area contributed by atoms with E-state index >= 15 is 0 Å². The number of carbonyl (C=O) groups excluding carboxylic acids is 2. The summed E-state index contributed by atoms with van der Waals surface area (Å²) < 4.78 is 0. The van der Waals surface area contributed by atoms with E-state index in [4.69, 9.17) is 11.5 Å². The van der Waals surface area contributed by atoms with Crippen molar-refractivity contribution in [3.8, 4) is 0 Å². The molecule has 2 aromatic rings. The third kappa shape index (κ3) is 7.28. The number of aliphatic imine (C=N–C) groups is 1. The van der Waals surface area contributed by atoms with Gasteiger partial charge in [-0.2, -0.15) is 5.11 Å². The van der Waals surface area contributed by atoms with Crippen molar-refractivity contribution in [2.24, 2.45) is 32.6 Å². The van der Waals surface area contributed by atoms with E-state index in [2.05, 4.69) is 25.9 Å². The van der Waals surface area contributed by atoms with Crippen molar-refractivity contribution in [3.05, 3.63) is 60.0 Å². The lowest BCUT2D eigenvalue weighted by molar-refractivity contribution is -0.119. The molecule has 0 unspecified atom stereocenters. The van der Waals surface area contributed by atoms with Crippen LogP contribution in [0.1, 0.15) is 20.8 Å². The number of carbonyl (C=O) groups is 2. The number of nitrogens with two attached hydrogens (primary N) is 2. The van der Waals surface area contributed by atoms with E-state index in [9.17, 15) is 14.7 Å². The molecule has 0 spiro atoms. The number of azo groups is 1. The number of benzene rings is 2. The molecule has 0 heterocycles. The highest BCUT2D eigenvalue weighted by Gasteiger charge is 2.14. The van der Waals surface area contributed by atoms with Crippen molar-refractivity contribution in [2.45, 2.75) is 20.8 Å². The van der Waals surface area contributed by atoms with Gasteiger partial charge in [0, 0.05) is 17.3 Å². The molecule has 10 heteroatoms. The van der Waals surface area contributed by atoms with Crippen LogP contribution in [-0.2, 0) is 9.59 Å². The Morgan fingerprint density at radius 2 is 1.55 bits per heavy atom. The fourth-order valence-corrected chi connectivity index (χ4v) is 2.28. The lowest BCUT2D eigenvalue weighted by Crippen LogP contribution is -2.21. The van der Waals surface area contributed by atoms with Gasteiger partial charge >= 0.3 is 0 Å². The van der Waals surface area contributed by atoms with Crippen LogP contribution in [-0.4, -0.2) is 22.9 Å². The summed E-state index contributed by atoms with van der Waals surface area (Å²) in [4.78, 5) is 28.3. The number of anilines is 2. The maximum Gasteiger partial charge on any atom is 0.279 e. The van der Waals surface area contributed by atoms with E-state index in [1.54, 1.807) is 62.4 Å². The molecule has 0 aliphatic rings. The maximum absolute atomic E-state index is 12.6. The molecule has 0 saturated carbocycles. The van der Waals surface area contributed by atoms with Crippen molar-refractivity contribution >= 4 is 40.5 Å². The van der Waals surface area contributed by atoms with Crippen molar-refractivity contribution in [1.82, 2.24) is 0 Å². The summed E-state index contributed by atoms with van der Waals surface area (Å²) in [6, 6.07) is 13.1. The largest absolute Gasteiger partial charge is 0.510 e. The van der Waals surface area contributed by atoms with Crippen LogP contribution in [0, 0.1) is 5.92 Å². The lowest BCUT2D eigenvalue weighted by Gasteiger charge is -2.10. The van der Waals surface area contributed by atoms with Crippen LogP contribution in [0.4, 0.5) is 22.7 Å². The highest BCUT2D eigenvalue weighted by Crippen LogP contribution is 2.21. The van der Waals surface area contributed by atoms with E-state index in [0.717, 1.165) is 0 Å². The van der Waals surface area contributed by atoms with Crippen LogP contribution in [0.15, 0.2) is 75.2 Å². The summed E-state index contributed by atoms with van der Waals surface area (Å²) in [6.45, 7) is 4.89. The van der Waals surface area contributed by atoms with Gasteiger partial charge in [-0.1, -0.05) is 19.9 Å². The molecular weight excluding hydrogens is 398 g/mol. The number of allylic oxidation sites excluding steroid dienone is 1. The minimum absolute atomic E-state index is 0.0694. The molecular formula is C21H25N7O3. The Labute approximate surface area is 179 Å². The summed E-state index contributed by atoms with van der Waals surface area (Å²) in [5.74, 6) is -1.36. The number of hydrogen-bond donors (Lipinski definition) is 5. The number of hydrogen-bond acceptors (Lipinski definition) is 6. The zero-order valence-corrected chi connectivity index (χ0v) is 17.5. The Bertz CT molecular complexity index is 1030. The summed E-state index contributed by atoms with van der Waals surface area (Å²) in [7, 11) is 0. The second-order valence-electron chi connectivity index (χ2n) is 6.87. The van der Waals surface area contributed by atoms with Gasteiger partial charge in [0.2, 0.25) is 5.91 Å². The molecule has 0 fully saturated rings. The predicted molar refractivity (Wildman–Crippen MR) is 120 cm³/mol. The highest BCUT2D eigenvalue weighted by molar-refractivity contribution is 6.04. The average Bonchev–Trinajstić information content (AvgIpc) is 2.69. The van der Waals surface area contributed by atoms with E-state index in [1.165, 1.54) is 6.92 Å². The van der Waals surface area contributed by atoms with Gasteiger partial charge in [0.05, 0.1) is 11.4 Å². The van der Waals surface area contributed by atoms with Crippen molar-refractivity contribution < 1.29 is 14.7 Å². The normalized spacial score (nSPS) is 11.7. The zero-order valence-electron chi connectivity index (χ0n) is 17.5. The van der Waals surface area contributed by atoms with Gasteiger partial charge < -0.3 is 27.2 Å². The number of rotatable bonds is 7. The van der Waals surface area contributed by atoms with E-state index in [0.29, 0.717) is 22.7 Å². The van der Waals surface area contributed by atoms with Crippen LogP contribution < -0.4 is 22.1 Å². The van der Waals surface area contributed by atoms with Crippen LogP contribution in [0.2, 0.25) is 0 Å². The quantitative estimate of drug-likeness (QED) is 0.150. The molecule has 2 rings (SSSR count). The molecule has 0 radical (unpaired) electrons. The van der Waals surface area contributed by atoms with Crippen LogP contribution in [0.5, 0.6) is 0 Å². The van der Waals surface area contributed by atoms with Crippen molar-refractivity contribution in [1.29, 1.82) is 0 Å². The minimum Gasteiger partial charge on any atom is -0.510 e. The molecule has 7 N–H and O–H groups in total. The SMILES string of the molecule is CC(O)=C(N=Nc1ccc(N=C(N)N)cc1)C(=O)Nc1cccc(NC(=O)C(C)C)c1. The Kier molecular flexibility index (Phi) is 7.84. The number of amides is 2. The van der Waals surface area contributed by atoms with Gasteiger partial charge in [0.1, 0.15) is 5.76 Å². The number of aliphatic hydroxyl groups is 1. The molecule has 2 amide bonds. The van der Waals surface area contributed by atoms with Crippen molar-refractivity contribution in [3.63, 3.8) is 0 Å². The summed E-state index contributed by atoms with van der Waals surface area (Å²) >= 11 is 0. The third-order valence-electron chi connectivity index (χ3n) is 3.84. The predicted octanol–water partition coefficient (Wildman–Crippen LogP) is 3.70. The average molecular weight is 423 g/mol. The first-order chi connectivity index (χ1) is 14.7. The van der Waals surface area contributed by atoms with Gasteiger partial charge in [-0.25, -0.2) is 4.99 Å². The molecule has 162 valence electrons. The second kappa shape index (κ2) is 10.5. The first-order valence-corrected chi connectivity index (χ1v) is 9.39. The number of aliphatic hydroxyl groups excluding tert-OH is 1. The first kappa shape index (κ1) is 23.1. The molecule has 10 nitrogen and oxygen atoms in total. The lowest BCUT2D eigenvalue weighted by atomic mass is 10.2.